The van der Waals surface area contributed by atoms with Crippen LogP contribution in [0.15, 0.2) is 0 Å². The normalized spacial score (nSPS) is 23.8. The summed E-state index contributed by atoms with van der Waals surface area (Å²) >= 11 is 0. The fourth-order valence-electron chi connectivity index (χ4n) is 2.90. The Labute approximate surface area is 124 Å². The van der Waals surface area contributed by atoms with Crippen LogP contribution in [0.5, 0.6) is 0 Å². The summed E-state index contributed by atoms with van der Waals surface area (Å²) < 4.78 is 6.07. The van der Waals surface area contributed by atoms with Gasteiger partial charge in [0.2, 0.25) is 0 Å². The second-order valence-corrected chi connectivity index (χ2v) is 6.03. The number of carbonyl (C=O) groups is 1. The lowest BCUT2D eigenvalue weighted by atomic mass is 10.0. The van der Waals surface area contributed by atoms with Gasteiger partial charge in [-0.05, 0) is 32.1 Å². The molecule has 0 spiro atoms. The van der Waals surface area contributed by atoms with Crippen molar-refractivity contribution in [3.63, 3.8) is 0 Å². The zero-order chi connectivity index (χ0) is 14.6. The van der Waals surface area contributed by atoms with E-state index in [1.807, 2.05) is 0 Å². The molecule has 3 nitrogen and oxygen atoms in total. The lowest BCUT2D eigenvalue weighted by Gasteiger charge is -2.21. The van der Waals surface area contributed by atoms with E-state index >= 15 is 0 Å². The topological polar surface area (TPSA) is 46.5 Å². The molecule has 3 heteroatoms. The first-order chi connectivity index (χ1) is 9.77. The van der Waals surface area contributed by atoms with Crippen molar-refractivity contribution in [2.24, 2.45) is 0 Å². The van der Waals surface area contributed by atoms with Gasteiger partial charge in [0, 0.05) is 13.0 Å². The third kappa shape index (κ3) is 7.39. The first kappa shape index (κ1) is 17.6. The number of ketones is 1. The van der Waals surface area contributed by atoms with Crippen LogP contribution in [-0.2, 0) is 9.53 Å². The number of aliphatic hydroxyl groups excluding tert-OH is 1. The number of Topliss-reactive ketones (excluding diaryl/α,β-unsaturated/α-hetero) is 1. The van der Waals surface area contributed by atoms with Crippen molar-refractivity contribution in [3.05, 3.63) is 0 Å². The maximum atomic E-state index is 12.0. The van der Waals surface area contributed by atoms with E-state index in [2.05, 4.69) is 6.92 Å². The Morgan fingerprint density at radius 2 is 1.85 bits per heavy atom. The van der Waals surface area contributed by atoms with Gasteiger partial charge in [0.25, 0.3) is 0 Å². The summed E-state index contributed by atoms with van der Waals surface area (Å²) in [6.07, 6.45) is 12.7. The molecule has 0 radical (unpaired) electrons. The molecular weight excluding hydrogens is 252 g/mol. The van der Waals surface area contributed by atoms with Gasteiger partial charge in [-0.3, -0.25) is 4.79 Å². The SMILES string of the molecule is CCCCCC[C@H]1CCCC(=O)[C@@H](CCCCCO)O1. The first-order valence-electron chi connectivity index (χ1n) is 8.57. The molecule has 20 heavy (non-hydrogen) atoms. The second-order valence-electron chi connectivity index (χ2n) is 6.03. The molecule has 1 N–H and O–H groups in total. The average Bonchev–Trinajstić information content (AvgIpc) is 2.62. The molecule has 1 heterocycles. The number of hydrogen-bond acceptors (Lipinski definition) is 3. The Kier molecular flexibility index (Phi) is 9.94. The molecule has 0 unspecified atom stereocenters. The highest BCUT2D eigenvalue weighted by molar-refractivity contribution is 5.83. The van der Waals surface area contributed by atoms with Crippen LogP contribution < -0.4 is 0 Å². The predicted molar refractivity (Wildman–Crippen MR) is 81.8 cm³/mol. The monoisotopic (exact) mass is 284 g/mol. The average molecular weight is 284 g/mol. The van der Waals surface area contributed by atoms with Crippen LogP contribution in [0.1, 0.15) is 84.0 Å². The Morgan fingerprint density at radius 1 is 1.10 bits per heavy atom. The van der Waals surface area contributed by atoms with Crippen molar-refractivity contribution in [2.45, 2.75) is 96.2 Å². The summed E-state index contributed by atoms with van der Waals surface area (Å²) in [6.45, 7) is 2.47. The standard InChI is InChI=1S/C17H32O3/c1-2-3-4-6-10-15-11-9-12-16(19)17(20-15)13-7-5-8-14-18/h15,17-18H,2-14H2,1H3/t15-,17+/m0/s1. The summed E-state index contributed by atoms with van der Waals surface area (Å²) in [5.74, 6) is 0.296. The highest BCUT2D eigenvalue weighted by Gasteiger charge is 2.26. The third-order valence-corrected chi connectivity index (χ3v) is 4.17. The van der Waals surface area contributed by atoms with Gasteiger partial charge in [-0.1, -0.05) is 45.4 Å². The summed E-state index contributed by atoms with van der Waals surface area (Å²) in [4.78, 5) is 12.0. The largest absolute Gasteiger partial charge is 0.396 e. The highest BCUT2D eigenvalue weighted by Crippen LogP contribution is 2.23. The van der Waals surface area contributed by atoms with Gasteiger partial charge in [-0.25, -0.2) is 0 Å². The molecule has 118 valence electrons. The minimum Gasteiger partial charge on any atom is -0.396 e. The number of ether oxygens (including phenoxy) is 1. The van der Waals surface area contributed by atoms with E-state index in [1.54, 1.807) is 0 Å². The van der Waals surface area contributed by atoms with Gasteiger partial charge < -0.3 is 9.84 Å². The van der Waals surface area contributed by atoms with Crippen molar-refractivity contribution in [1.29, 1.82) is 0 Å². The van der Waals surface area contributed by atoms with E-state index < -0.39 is 0 Å². The molecule has 1 aliphatic heterocycles. The maximum absolute atomic E-state index is 12.0. The minimum atomic E-state index is -0.174. The number of rotatable bonds is 10. The third-order valence-electron chi connectivity index (χ3n) is 4.17. The Bertz CT molecular complexity index is 253. The van der Waals surface area contributed by atoms with Crippen molar-refractivity contribution in [3.8, 4) is 0 Å². The van der Waals surface area contributed by atoms with E-state index in [1.165, 1.54) is 25.7 Å². The van der Waals surface area contributed by atoms with Gasteiger partial charge >= 0.3 is 0 Å². The van der Waals surface area contributed by atoms with Crippen molar-refractivity contribution >= 4 is 5.78 Å². The number of unbranched alkanes of at least 4 members (excludes halogenated alkanes) is 5. The molecule has 0 aromatic carbocycles. The molecule has 1 aliphatic rings. The highest BCUT2D eigenvalue weighted by atomic mass is 16.5. The minimum absolute atomic E-state index is 0.174. The zero-order valence-corrected chi connectivity index (χ0v) is 13.1. The lowest BCUT2D eigenvalue weighted by molar-refractivity contribution is -0.132. The molecule has 1 saturated heterocycles. The molecule has 0 aromatic rings. The summed E-state index contributed by atoms with van der Waals surface area (Å²) in [7, 11) is 0. The van der Waals surface area contributed by atoms with E-state index in [9.17, 15) is 4.79 Å². The van der Waals surface area contributed by atoms with Gasteiger partial charge in [0.1, 0.15) is 6.10 Å². The van der Waals surface area contributed by atoms with E-state index in [0.29, 0.717) is 18.3 Å². The number of hydrogen-bond donors (Lipinski definition) is 1. The molecule has 1 rings (SSSR count). The Balaban J connectivity index is 2.28. The zero-order valence-electron chi connectivity index (χ0n) is 13.1. The fraction of sp³-hybridized carbons (Fsp3) is 0.941. The van der Waals surface area contributed by atoms with Gasteiger partial charge in [-0.15, -0.1) is 0 Å². The molecule has 0 amide bonds. The Hall–Kier alpha value is -0.410. The maximum Gasteiger partial charge on any atom is 0.161 e. The molecule has 0 bridgehead atoms. The van der Waals surface area contributed by atoms with E-state index in [0.717, 1.165) is 44.9 Å². The van der Waals surface area contributed by atoms with Crippen LogP contribution in [-0.4, -0.2) is 29.7 Å². The molecule has 2 atom stereocenters. The van der Waals surface area contributed by atoms with Crippen LogP contribution in [0, 0.1) is 0 Å². The fourth-order valence-corrected chi connectivity index (χ4v) is 2.90. The summed E-state index contributed by atoms with van der Waals surface area (Å²) in [6, 6.07) is 0. The summed E-state index contributed by atoms with van der Waals surface area (Å²) in [5, 5.41) is 8.78. The van der Waals surface area contributed by atoms with Crippen molar-refractivity contribution < 1.29 is 14.6 Å². The summed E-state index contributed by atoms with van der Waals surface area (Å²) in [5.41, 5.74) is 0. The van der Waals surface area contributed by atoms with Crippen LogP contribution in [0.4, 0.5) is 0 Å². The Morgan fingerprint density at radius 3 is 2.60 bits per heavy atom. The van der Waals surface area contributed by atoms with Crippen LogP contribution in [0.3, 0.4) is 0 Å². The van der Waals surface area contributed by atoms with Gasteiger partial charge in [-0.2, -0.15) is 0 Å². The van der Waals surface area contributed by atoms with E-state index in [4.69, 9.17) is 9.84 Å². The molecule has 0 aromatic heterocycles. The molecule has 0 aliphatic carbocycles. The van der Waals surface area contributed by atoms with Crippen molar-refractivity contribution in [2.75, 3.05) is 6.61 Å². The molecular formula is C17H32O3. The molecule has 1 fully saturated rings. The lowest BCUT2D eigenvalue weighted by Crippen LogP contribution is -2.26. The van der Waals surface area contributed by atoms with Gasteiger partial charge in [0.15, 0.2) is 5.78 Å². The molecule has 0 saturated carbocycles. The van der Waals surface area contributed by atoms with E-state index in [-0.39, 0.29) is 12.7 Å². The quantitative estimate of drug-likeness (QED) is 0.616. The second kappa shape index (κ2) is 11.3. The van der Waals surface area contributed by atoms with Crippen LogP contribution >= 0.6 is 0 Å². The smallest absolute Gasteiger partial charge is 0.161 e. The van der Waals surface area contributed by atoms with Crippen LogP contribution in [0.25, 0.3) is 0 Å². The van der Waals surface area contributed by atoms with Crippen molar-refractivity contribution in [1.82, 2.24) is 0 Å². The van der Waals surface area contributed by atoms with Crippen LogP contribution in [0.2, 0.25) is 0 Å². The van der Waals surface area contributed by atoms with Gasteiger partial charge in [0.05, 0.1) is 6.10 Å². The number of aliphatic hydroxyl groups is 1. The number of carbonyl (C=O) groups excluding carboxylic acids is 1. The predicted octanol–water partition coefficient (Wildman–Crippen LogP) is 4.02. The first-order valence-corrected chi connectivity index (χ1v) is 8.57.